The Morgan fingerprint density at radius 1 is 0.415 bits per heavy atom. The fraction of sp³-hybridized carbons (Fsp3) is 0. The summed E-state index contributed by atoms with van der Waals surface area (Å²) in [4.78, 5) is 4.80. The molecule has 0 unspecified atom stereocenters. The molecule has 0 radical (unpaired) electrons. The van der Waals surface area contributed by atoms with Crippen molar-refractivity contribution in [3.63, 3.8) is 0 Å². The van der Waals surface area contributed by atoms with Crippen molar-refractivity contribution in [3.05, 3.63) is 140 Å². The highest BCUT2D eigenvalue weighted by atomic mass is 32.1. The van der Waals surface area contributed by atoms with E-state index < -0.39 is 0 Å². The molecule has 0 saturated heterocycles. The Hall–Kier alpha value is -5.05. The summed E-state index contributed by atoms with van der Waals surface area (Å²) in [5.74, 6) is 0. The van der Waals surface area contributed by atoms with Crippen molar-refractivity contribution in [2.24, 2.45) is 0 Å². The van der Waals surface area contributed by atoms with Gasteiger partial charge in [-0.3, -0.25) is 4.98 Å². The van der Waals surface area contributed by atoms with Crippen LogP contribution in [0.3, 0.4) is 0 Å². The minimum atomic E-state index is 1.01. The molecule has 9 rings (SSSR count). The number of aromatic nitrogens is 1. The predicted molar refractivity (Wildman–Crippen MR) is 175 cm³/mol. The van der Waals surface area contributed by atoms with Gasteiger partial charge in [-0.1, -0.05) is 109 Å². The third kappa shape index (κ3) is 3.32. The maximum absolute atomic E-state index is 4.80. The molecular formula is C39H23NS. The number of hydrogen-bond acceptors (Lipinski definition) is 2. The summed E-state index contributed by atoms with van der Waals surface area (Å²) >= 11 is 1.89. The Balaban J connectivity index is 1.48. The lowest BCUT2D eigenvalue weighted by molar-refractivity contribution is 1.41. The van der Waals surface area contributed by atoms with Crippen molar-refractivity contribution in [2.75, 3.05) is 0 Å². The Morgan fingerprint density at radius 2 is 1.00 bits per heavy atom. The molecule has 41 heavy (non-hydrogen) atoms. The van der Waals surface area contributed by atoms with E-state index in [2.05, 4.69) is 127 Å². The van der Waals surface area contributed by atoms with Crippen LogP contribution < -0.4 is 0 Å². The number of hydrogen-bond donors (Lipinski definition) is 0. The van der Waals surface area contributed by atoms with E-state index in [0.29, 0.717) is 0 Å². The van der Waals surface area contributed by atoms with E-state index in [0.717, 1.165) is 10.9 Å². The van der Waals surface area contributed by atoms with Crippen molar-refractivity contribution in [2.45, 2.75) is 0 Å². The fourth-order valence-corrected chi connectivity index (χ4v) is 7.94. The van der Waals surface area contributed by atoms with Gasteiger partial charge in [-0.2, -0.15) is 0 Å². The molecule has 0 amide bonds. The van der Waals surface area contributed by atoms with Crippen LogP contribution in [-0.2, 0) is 0 Å². The molecule has 2 heteroatoms. The molecule has 0 atom stereocenters. The summed E-state index contributed by atoms with van der Waals surface area (Å²) in [7, 11) is 0. The molecule has 0 bridgehead atoms. The zero-order chi connectivity index (χ0) is 26.9. The second-order valence-electron chi connectivity index (χ2n) is 10.7. The van der Waals surface area contributed by atoms with Crippen molar-refractivity contribution < 1.29 is 0 Å². The summed E-state index contributed by atoms with van der Waals surface area (Å²) in [6.45, 7) is 0. The Bertz CT molecular complexity index is 2320. The number of pyridine rings is 1. The van der Waals surface area contributed by atoms with Crippen LogP contribution in [0.2, 0.25) is 0 Å². The maximum atomic E-state index is 4.80. The molecule has 6 aromatic carbocycles. The molecule has 2 heterocycles. The van der Waals surface area contributed by atoms with Crippen LogP contribution in [0.4, 0.5) is 0 Å². The number of thiophene rings is 1. The lowest BCUT2D eigenvalue weighted by Crippen LogP contribution is -1.99. The molecule has 0 aliphatic heterocycles. The monoisotopic (exact) mass is 537 g/mol. The van der Waals surface area contributed by atoms with Gasteiger partial charge in [0.2, 0.25) is 0 Å². The van der Waals surface area contributed by atoms with Crippen molar-refractivity contribution in [1.82, 2.24) is 4.98 Å². The zero-order valence-electron chi connectivity index (χ0n) is 22.1. The Morgan fingerprint density at radius 3 is 1.80 bits per heavy atom. The predicted octanol–water partition coefficient (Wildman–Crippen LogP) is 11.3. The van der Waals surface area contributed by atoms with E-state index in [9.17, 15) is 0 Å². The first-order valence-corrected chi connectivity index (χ1v) is 14.8. The normalized spacial score (nSPS) is 11.9. The van der Waals surface area contributed by atoms with Gasteiger partial charge in [-0.15, -0.1) is 11.3 Å². The van der Waals surface area contributed by atoms with Gasteiger partial charge >= 0.3 is 0 Å². The van der Waals surface area contributed by atoms with Crippen molar-refractivity contribution >= 4 is 42.4 Å². The van der Waals surface area contributed by atoms with Crippen LogP contribution in [0.1, 0.15) is 0 Å². The molecule has 2 aromatic heterocycles. The van der Waals surface area contributed by atoms with E-state index in [1.807, 2.05) is 23.6 Å². The molecular weight excluding hydrogens is 515 g/mol. The molecule has 190 valence electrons. The Kier molecular flexibility index (Phi) is 4.84. The number of nitrogens with zero attached hydrogens (tertiary/aromatic N) is 1. The second-order valence-corrected chi connectivity index (χ2v) is 11.7. The van der Waals surface area contributed by atoms with Gasteiger partial charge in [0, 0.05) is 37.3 Å². The average Bonchev–Trinajstić information content (AvgIpc) is 3.42. The average molecular weight is 538 g/mol. The number of fused-ring (bicyclic) bond motifs is 12. The molecule has 0 N–H and O–H groups in total. The third-order valence-electron chi connectivity index (χ3n) is 8.50. The highest BCUT2D eigenvalue weighted by Gasteiger charge is 2.25. The van der Waals surface area contributed by atoms with Crippen LogP contribution in [0.25, 0.3) is 86.7 Å². The summed E-state index contributed by atoms with van der Waals surface area (Å²) in [6, 6.07) is 48.9. The SMILES string of the molecule is c1ccc2c(c1)-c1ccccc1-c1cccc(-c3cccc4c3sc3ccccc34)c1-c1cc3ncccc3cc1-2. The summed E-state index contributed by atoms with van der Waals surface area (Å²) in [5.41, 5.74) is 13.6. The number of rotatable bonds is 1. The zero-order valence-corrected chi connectivity index (χ0v) is 23.0. The van der Waals surface area contributed by atoms with E-state index in [4.69, 9.17) is 4.98 Å². The quantitative estimate of drug-likeness (QED) is 0.203. The van der Waals surface area contributed by atoms with E-state index in [-0.39, 0.29) is 0 Å². The smallest absolute Gasteiger partial charge is 0.0708 e. The molecule has 1 aliphatic rings. The molecule has 1 nitrogen and oxygen atoms in total. The standard InChI is InChI=1S/C39H23NS/c1-3-13-27-25(11-1)26-12-2-4-14-28(26)34-22-24-10-9-21-40-36(24)23-35(34)38-30(27)16-7-17-31(38)33-19-8-18-32-29-15-5-6-20-37(29)41-39(32)33/h1-23H. The van der Waals surface area contributed by atoms with E-state index in [1.165, 1.54) is 75.8 Å². The minimum absolute atomic E-state index is 1.01. The summed E-state index contributed by atoms with van der Waals surface area (Å²) in [6.07, 6.45) is 1.89. The number of benzene rings is 6. The van der Waals surface area contributed by atoms with Crippen molar-refractivity contribution in [3.8, 4) is 55.6 Å². The van der Waals surface area contributed by atoms with Gasteiger partial charge in [0.1, 0.15) is 0 Å². The largest absolute Gasteiger partial charge is 0.256 e. The molecule has 0 spiro atoms. The van der Waals surface area contributed by atoms with Gasteiger partial charge in [0.05, 0.1) is 5.52 Å². The van der Waals surface area contributed by atoms with Gasteiger partial charge in [0.15, 0.2) is 0 Å². The van der Waals surface area contributed by atoms with E-state index in [1.54, 1.807) is 0 Å². The van der Waals surface area contributed by atoms with Gasteiger partial charge in [-0.25, -0.2) is 0 Å². The third-order valence-corrected chi connectivity index (χ3v) is 9.72. The van der Waals surface area contributed by atoms with Gasteiger partial charge in [0.25, 0.3) is 0 Å². The first-order chi connectivity index (χ1) is 20.3. The van der Waals surface area contributed by atoms with Gasteiger partial charge < -0.3 is 0 Å². The molecule has 8 aromatic rings. The topological polar surface area (TPSA) is 12.9 Å². The van der Waals surface area contributed by atoms with Gasteiger partial charge in [-0.05, 0) is 74.3 Å². The minimum Gasteiger partial charge on any atom is -0.256 e. The maximum Gasteiger partial charge on any atom is 0.0708 e. The second kappa shape index (κ2) is 8.72. The highest BCUT2D eigenvalue weighted by molar-refractivity contribution is 7.26. The molecule has 1 aliphatic carbocycles. The fourth-order valence-electron chi connectivity index (χ4n) is 6.71. The summed E-state index contributed by atoms with van der Waals surface area (Å²) < 4.78 is 2.65. The summed E-state index contributed by atoms with van der Waals surface area (Å²) in [5, 5.41) is 3.79. The van der Waals surface area contributed by atoms with E-state index >= 15 is 0 Å². The lowest BCUT2D eigenvalue weighted by Gasteiger charge is -2.25. The highest BCUT2D eigenvalue weighted by Crippen LogP contribution is 2.52. The van der Waals surface area contributed by atoms with Crippen molar-refractivity contribution in [1.29, 1.82) is 0 Å². The first kappa shape index (κ1) is 22.7. The lowest BCUT2D eigenvalue weighted by atomic mass is 9.78. The van der Waals surface area contributed by atoms with Crippen LogP contribution in [0.15, 0.2) is 140 Å². The Labute approximate surface area is 242 Å². The van der Waals surface area contributed by atoms with Crippen LogP contribution in [0, 0.1) is 0 Å². The molecule has 0 fully saturated rings. The molecule has 0 saturated carbocycles. The first-order valence-electron chi connectivity index (χ1n) is 14.0. The van der Waals surface area contributed by atoms with Crippen LogP contribution in [0.5, 0.6) is 0 Å². The van der Waals surface area contributed by atoms with Crippen LogP contribution in [-0.4, -0.2) is 4.98 Å². The van der Waals surface area contributed by atoms with Crippen LogP contribution >= 0.6 is 11.3 Å².